The average molecular weight is 283 g/mol. The molecule has 0 spiro atoms. The number of hydrogen-bond acceptors (Lipinski definition) is 4. The molecule has 0 aliphatic rings. The molecule has 0 atom stereocenters. The maximum Gasteiger partial charge on any atom is 0.172 e. The van der Waals surface area contributed by atoms with E-state index in [2.05, 4.69) is 10.1 Å². The molecule has 0 aliphatic heterocycles. The van der Waals surface area contributed by atoms with Gasteiger partial charge in [-0.25, -0.2) is 4.98 Å². The smallest absolute Gasteiger partial charge is 0.172 e. The van der Waals surface area contributed by atoms with E-state index in [-0.39, 0.29) is 5.78 Å². The van der Waals surface area contributed by atoms with Crippen LogP contribution in [0.3, 0.4) is 0 Å². The first-order chi connectivity index (χ1) is 9.72. The third-order valence-electron chi connectivity index (χ3n) is 2.96. The number of ketones is 1. The molecule has 0 radical (unpaired) electrons. The lowest BCUT2D eigenvalue weighted by atomic mass is 10.1. The number of carbonyl (C=O) groups excluding carboxylic acids is 1. The lowest BCUT2D eigenvalue weighted by Gasteiger charge is -1.95. The second kappa shape index (κ2) is 5.38. The van der Waals surface area contributed by atoms with Crippen molar-refractivity contribution < 1.29 is 4.79 Å². The van der Waals surface area contributed by atoms with Crippen molar-refractivity contribution in [2.24, 2.45) is 7.05 Å². The summed E-state index contributed by atoms with van der Waals surface area (Å²) in [4.78, 5) is 16.6. The molecular formula is C15H13N3OS. The van der Waals surface area contributed by atoms with Crippen LogP contribution in [0.15, 0.2) is 48.1 Å². The van der Waals surface area contributed by atoms with E-state index in [1.807, 2.05) is 35.7 Å². The van der Waals surface area contributed by atoms with Gasteiger partial charge in [0.15, 0.2) is 5.78 Å². The van der Waals surface area contributed by atoms with Gasteiger partial charge in [0.1, 0.15) is 5.01 Å². The fourth-order valence-corrected chi connectivity index (χ4v) is 2.74. The average Bonchev–Trinajstić information content (AvgIpc) is 3.09. The molecule has 1 aromatic carbocycles. The van der Waals surface area contributed by atoms with Crippen LogP contribution in [0.1, 0.15) is 15.4 Å². The SMILES string of the molecule is Cn1cc(C(=O)Cc2nc(-c3ccccc3)cs2)cn1. The number of Topliss-reactive ketones (excluding diaryl/α,β-unsaturated/α-hetero) is 1. The lowest BCUT2D eigenvalue weighted by molar-refractivity contribution is 0.0993. The van der Waals surface area contributed by atoms with Gasteiger partial charge in [0.25, 0.3) is 0 Å². The van der Waals surface area contributed by atoms with Gasteiger partial charge < -0.3 is 0 Å². The molecule has 0 saturated carbocycles. The first-order valence-electron chi connectivity index (χ1n) is 6.24. The molecule has 20 heavy (non-hydrogen) atoms. The second-order valence-electron chi connectivity index (χ2n) is 4.50. The Morgan fingerprint density at radius 3 is 2.80 bits per heavy atom. The lowest BCUT2D eigenvalue weighted by Crippen LogP contribution is -2.02. The molecule has 2 aromatic heterocycles. The number of benzene rings is 1. The monoisotopic (exact) mass is 283 g/mol. The molecule has 100 valence electrons. The van der Waals surface area contributed by atoms with Gasteiger partial charge in [0.2, 0.25) is 0 Å². The normalized spacial score (nSPS) is 10.7. The predicted molar refractivity (Wildman–Crippen MR) is 78.8 cm³/mol. The third kappa shape index (κ3) is 2.67. The first-order valence-corrected chi connectivity index (χ1v) is 7.12. The number of aryl methyl sites for hydroxylation is 1. The molecule has 0 fully saturated rings. The van der Waals surface area contributed by atoms with Crippen LogP contribution in [0.2, 0.25) is 0 Å². The van der Waals surface area contributed by atoms with Crippen LogP contribution in [0.5, 0.6) is 0 Å². The van der Waals surface area contributed by atoms with E-state index in [9.17, 15) is 4.79 Å². The van der Waals surface area contributed by atoms with Crippen molar-refractivity contribution in [2.75, 3.05) is 0 Å². The van der Waals surface area contributed by atoms with Crippen LogP contribution in [-0.2, 0) is 13.5 Å². The number of hydrogen-bond donors (Lipinski definition) is 0. The zero-order valence-electron chi connectivity index (χ0n) is 11.0. The molecule has 3 aromatic rings. The fraction of sp³-hybridized carbons (Fsp3) is 0.133. The molecule has 0 aliphatic carbocycles. The maximum absolute atomic E-state index is 12.1. The minimum absolute atomic E-state index is 0.0482. The highest BCUT2D eigenvalue weighted by molar-refractivity contribution is 7.10. The molecule has 0 saturated heterocycles. The summed E-state index contributed by atoms with van der Waals surface area (Å²) >= 11 is 1.52. The number of rotatable bonds is 4. The summed E-state index contributed by atoms with van der Waals surface area (Å²) in [7, 11) is 1.80. The summed E-state index contributed by atoms with van der Waals surface area (Å²) in [6.07, 6.45) is 3.64. The van der Waals surface area contributed by atoms with Gasteiger partial charge in [-0.1, -0.05) is 30.3 Å². The Kier molecular flexibility index (Phi) is 3.43. The van der Waals surface area contributed by atoms with E-state index >= 15 is 0 Å². The summed E-state index contributed by atoms with van der Waals surface area (Å²) in [5.74, 6) is 0.0482. The Hall–Kier alpha value is -2.27. The Morgan fingerprint density at radius 1 is 1.30 bits per heavy atom. The first kappa shape index (κ1) is 12.7. The number of carbonyl (C=O) groups is 1. The van der Waals surface area contributed by atoms with Gasteiger partial charge in [-0.15, -0.1) is 11.3 Å². The molecule has 4 nitrogen and oxygen atoms in total. The second-order valence-corrected chi connectivity index (χ2v) is 5.44. The van der Waals surface area contributed by atoms with Gasteiger partial charge in [-0.2, -0.15) is 5.10 Å². The highest BCUT2D eigenvalue weighted by Crippen LogP contribution is 2.22. The van der Waals surface area contributed by atoms with Crippen molar-refractivity contribution in [3.63, 3.8) is 0 Å². The standard InChI is InChI=1S/C15H13N3OS/c1-18-9-12(8-16-18)14(19)7-15-17-13(10-20-15)11-5-3-2-4-6-11/h2-6,8-10H,7H2,1H3. The van der Waals surface area contributed by atoms with E-state index in [0.717, 1.165) is 16.3 Å². The molecule has 0 bridgehead atoms. The topological polar surface area (TPSA) is 47.8 Å². The zero-order chi connectivity index (χ0) is 13.9. The van der Waals surface area contributed by atoms with Gasteiger partial charge in [-0.3, -0.25) is 9.48 Å². The van der Waals surface area contributed by atoms with Crippen LogP contribution >= 0.6 is 11.3 Å². The van der Waals surface area contributed by atoms with Crippen LogP contribution in [0.4, 0.5) is 0 Å². The third-order valence-corrected chi connectivity index (χ3v) is 3.81. The van der Waals surface area contributed by atoms with Gasteiger partial charge in [0.05, 0.1) is 23.9 Å². The Labute approximate surface area is 120 Å². The van der Waals surface area contributed by atoms with Crippen molar-refractivity contribution in [2.45, 2.75) is 6.42 Å². The van der Waals surface area contributed by atoms with Crippen LogP contribution in [0.25, 0.3) is 11.3 Å². The van der Waals surface area contributed by atoms with Crippen molar-refractivity contribution in [3.8, 4) is 11.3 Å². The molecule has 3 rings (SSSR count). The summed E-state index contributed by atoms with van der Waals surface area (Å²) in [6, 6.07) is 9.97. The van der Waals surface area contributed by atoms with E-state index in [0.29, 0.717) is 12.0 Å². The van der Waals surface area contributed by atoms with E-state index in [1.165, 1.54) is 11.3 Å². The molecule has 0 amide bonds. The number of nitrogens with zero attached hydrogens (tertiary/aromatic N) is 3. The van der Waals surface area contributed by atoms with E-state index in [1.54, 1.807) is 24.1 Å². The quantitative estimate of drug-likeness (QED) is 0.692. The molecule has 2 heterocycles. The highest BCUT2D eigenvalue weighted by Gasteiger charge is 2.12. The van der Waals surface area contributed by atoms with Crippen LogP contribution in [-0.4, -0.2) is 20.5 Å². The van der Waals surface area contributed by atoms with Gasteiger partial charge in [-0.05, 0) is 0 Å². The van der Waals surface area contributed by atoms with Crippen LogP contribution < -0.4 is 0 Å². The minimum Gasteiger partial charge on any atom is -0.294 e. The summed E-state index contributed by atoms with van der Waals surface area (Å²) in [5, 5.41) is 6.83. The maximum atomic E-state index is 12.1. The largest absolute Gasteiger partial charge is 0.294 e. The molecule has 5 heteroatoms. The summed E-state index contributed by atoms with van der Waals surface area (Å²) < 4.78 is 1.63. The van der Waals surface area contributed by atoms with Crippen molar-refractivity contribution in [3.05, 3.63) is 58.7 Å². The van der Waals surface area contributed by atoms with Gasteiger partial charge in [0, 0.05) is 24.2 Å². The van der Waals surface area contributed by atoms with Crippen molar-refractivity contribution in [1.29, 1.82) is 0 Å². The van der Waals surface area contributed by atoms with Crippen molar-refractivity contribution in [1.82, 2.24) is 14.8 Å². The fourth-order valence-electron chi connectivity index (χ4n) is 1.94. The molecule has 0 unspecified atom stereocenters. The number of aromatic nitrogens is 3. The van der Waals surface area contributed by atoms with Crippen molar-refractivity contribution >= 4 is 17.1 Å². The van der Waals surface area contributed by atoms with Crippen LogP contribution in [0, 0.1) is 0 Å². The Morgan fingerprint density at radius 2 is 2.10 bits per heavy atom. The number of thiazole rings is 1. The molecule has 0 N–H and O–H groups in total. The van der Waals surface area contributed by atoms with E-state index in [4.69, 9.17) is 0 Å². The molecular weight excluding hydrogens is 270 g/mol. The Bertz CT molecular complexity index is 730. The van der Waals surface area contributed by atoms with Gasteiger partial charge >= 0.3 is 0 Å². The summed E-state index contributed by atoms with van der Waals surface area (Å²) in [6.45, 7) is 0. The highest BCUT2D eigenvalue weighted by atomic mass is 32.1. The Balaban J connectivity index is 1.76. The van der Waals surface area contributed by atoms with E-state index < -0.39 is 0 Å². The predicted octanol–water partition coefficient (Wildman–Crippen LogP) is 2.97. The minimum atomic E-state index is 0.0482. The summed E-state index contributed by atoms with van der Waals surface area (Å²) in [5.41, 5.74) is 2.62. The zero-order valence-corrected chi connectivity index (χ0v) is 11.8.